The van der Waals surface area contributed by atoms with Crippen molar-refractivity contribution < 1.29 is 18.0 Å². The first-order valence-electron chi connectivity index (χ1n) is 13.4. The topological polar surface area (TPSA) is 151 Å². The number of pyridine rings is 2. The molecule has 2 aliphatic rings. The van der Waals surface area contributed by atoms with Gasteiger partial charge in [0.05, 0.1) is 5.56 Å². The molecular weight excluding hydrogens is 530 g/mol. The third kappa shape index (κ3) is 6.38. The van der Waals surface area contributed by atoms with Crippen LogP contribution in [0.2, 0.25) is 0 Å². The Balaban J connectivity index is 1.77. The van der Waals surface area contributed by atoms with Gasteiger partial charge >= 0.3 is 6.03 Å². The van der Waals surface area contributed by atoms with E-state index < -0.39 is 21.5 Å². The summed E-state index contributed by atoms with van der Waals surface area (Å²) >= 11 is 0. The van der Waals surface area contributed by atoms with Gasteiger partial charge < -0.3 is 20.9 Å². The lowest BCUT2D eigenvalue weighted by Gasteiger charge is -2.35. The lowest BCUT2D eigenvalue weighted by molar-refractivity contribution is 0.0981. The van der Waals surface area contributed by atoms with Crippen molar-refractivity contribution in [1.29, 1.82) is 0 Å². The summed E-state index contributed by atoms with van der Waals surface area (Å²) in [5.41, 5.74) is 6.39. The SMILES string of the molecule is C[C@@H]1CN(c2nccc(C3=CCCN(C(=O)NC(C)(C)C)C3)c2C(=O)NS(=O)(=O)c2cccc(N)n2)C(C)(C)C1. The van der Waals surface area contributed by atoms with Crippen molar-refractivity contribution >= 4 is 39.2 Å². The van der Waals surface area contributed by atoms with Gasteiger partial charge in [-0.05, 0) is 82.7 Å². The molecule has 0 radical (unpaired) electrons. The molecule has 3 amide bonds. The molecule has 40 heavy (non-hydrogen) atoms. The summed E-state index contributed by atoms with van der Waals surface area (Å²) in [6.45, 7) is 13.5. The number of hydrogen-bond donors (Lipinski definition) is 3. The maximum absolute atomic E-state index is 13.9. The van der Waals surface area contributed by atoms with Crippen molar-refractivity contribution in [2.24, 2.45) is 5.92 Å². The Labute approximate surface area is 236 Å². The van der Waals surface area contributed by atoms with E-state index in [1.807, 2.05) is 26.8 Å². The highest BCUT2D eigenvalue weighted by molar-refractivity contribution is 7.90. The second-order valence-electron chi connectivity index (χ2n) is 12.2. The number of carbonyl (C=O) groups excluding carboxylic acids is 2. The standard InChI is InChI=1S/C28H39N7O4S/c1-18-15-28(5,6)35(16-18)24-23(25(36)33-40(38,39)22-11-7-10-21(29)31-22)20(12-13-30-24)19-9-8-14-34(17-19)26(37)32-27(2,3)4/h7,9-13,18H,8,14-17H2,1-6H3,(H2,29,31)(H,32,37)(H,33,36)/t18-/m0/s1. The van der Waals surface area contributed by atoms with Gasteiger partial charge in [-0.3, -0.25) is 4.79 Å². The number of sulfonamides is 1. The minimum absolute atomic E-state index is 0.0202. The fraction of sp³-hybridized carbons (Fsp3) is 0.500. The Kier molecular flexibility index (Phi) is 7.85. The van der Waals surface area contributed by atoms with Gasteiger partial charge in [0.15, 0.2) is 5.03 Å². The Morgan fingerprint density at radius 1 is 1.18 bits per heavy atom. The minimum Gasteiger partial charge on any atom is -0.384 e. The Bertz CT molecular complexity index is 1450. The summed E-state index contributed by atoms with van der Waals surface area (Å²) in [6.07, 6.45) is 5.09. The van der Waals surface area contributed by atoms with Crippen LogP contribution in [0.1, 0.15) is 70.3 Å². The number of nitrogens with two attached hydrogens (primary N) is 1. The van der Waals surface area contributed by atoms with Crippen LogP contribution in [0, 0.1) is 5.92 Å². The third-order valence-electron chi connectivity index (χ3n) is 7.00. The first-order chi connectivity index (χ1) is 18.6. The van der Waals surface area contributed by atoms with E-state index in [0.29, 0.717) is 36.8 Å². The maximum Gasteiger partial charge on any atom is 0.318 e. The van der Waals surface area contributed by atoms with Gasteiger partial charge in [0.1, 0.15) is 11.6 Å². The number of nitrogens with one attached hydrogen (secondary N) is 2. The first kappa shape index (κ1) is 29.3. The molecule has 2 aromatic heterocycles. The monoisotopic (exact) mass is 569 g/mol. The van der Waals surface area contributed by atoms with Crippen LogP contribution in [0.25, 0.3) is 5.57 Å². The van der Waals surface area contributed by atoms with E-state index in [1.165, 1.54) is 18.2 Å². The van der Waals surface area contributed by atoms with E-state index in [0.717, 1.165) is 12.0 Å². The predicted octanol–water partition coefficient (Wildman–Crippen LogP) is 3.40. The fourth-order valence-corrected chi connectivity index (χ4v) is 6.36. The van der Waals surface area contributed by atoms with Crippen LogP contribution in [0.15, 0.2) is 41.6 Å². The highest BCUT2D eigenvalue weighted by Crippen LogP contribution is 2.39. The molecular formula is C28H39N7O4S. The zero-order chi connectivity index (χ0) is 29.5. The van der Waals surface area contributed by atoms with Crippen LogP contribution in [0.3, 0.4) is 0 Å². The zero-order valence-corrected chi connectivity index (χ0v) is 24.8. The van der Waals surface area contributed by atoms with Gasteiger partial charge in [-0.25, -0.2) is 19.5 Å². The molecule has 216 valence electrons. The highest BCUT2D eigenvalue weighted by atomic mass is 32.2. The number of carbonyl (C=O) groups is 2. The highest BCUT2D eigenvalue weighted by Gasteiger charge is 2.40. The first-order valence-corrected chi connectivity index (χ1v) is 14.9. The lowest BCUT2D eigenvalue weighted by Crippen LogP contribution is -2.49. The van der Waals surface area contributed by atoms with E-state index in [1.54, 1.807) is 17.2 Å². The molecule has 4 heterocycles. The van der Waals surface area contributed by atoms with Crippen LogP contribution in [-0.4, -0.2) is 65.9 Å². The Morgan fingerprint density at radius 3 is 2.52 bits per heavy atom. The van der Waals surface area contributed by atoms with E-state index in [2.05, 4.69) is 45.7 Å². The van der Waals surface area contributed by atoms with Gasteiger partial charge in [-0.1, -0.05) is 19.1 Å². The normalized spacial score (nSPS) is 19.2. The third-order valence-corrected chi connectivity index (χ3v) is 8.23. The summed E-state index contributed by atoms with van der Waals surface area (Å²) in [5.74, 6) is -0.0546. The summed E-state index contributed by atoms with van der Waals surface area (Å²) < 4.78 is 28.6. The van der Waals surface area contributed by atoms with Crippen LogP contribution in [-0.2, 0) is 10.0 Å². The van der Waals surface area contributed by atoms with Gasteiger partial charge in [0.25, 0.3) is 15.9 Å². The Hall–Kier alpha value is -3.67. The van der Waals surface area contributed by atoms with Crippen molar-refractivity contribution in [3.8, 4) is 0 Å². The average Bonchev–Trinajstić information content (AvgIpc) is 3.13. The largest absolute Gasteiger partial charge is 0.384 e. The number of rotatable bonds is 5. The molecule has 0 saturated carbocycles. The summed E-state index contributed by atoms with van der Waals surface area (Å²) in [5, 5.41) is 2.63. The van der Waals surface area contributed by atoms with Crippen molar-refractivity contribution in [3.63, 3.8) is 0 Å². The van der Waals surface area contributed by atoms with Crippen molar-refractivity contribution in [3.05, 3.63) is 47.7 Å². The number of aromatic nitrogens is 2. The van der Waals surface area contributed by atoms with Crippen LogP contribution in [0.5, 0.6) is 0 Å². The van der Waals surface area contributed by atoms with Crippen molar-refractivity contribution in [2.75, 3.05) is 30.3 Å². The van der Waals surface area contributed by atoms with E-state index in [-0.39, 0.29) is 34.5 Å². The fourth-order valence-electron chi connectivity index (χ4n) is 5.42. The number of nitrogens with zero attached hydrogens (tertiary/aromatic N) is 4. The molecule has 0 spiro atoms. The molecule has 1 saturated heterocycles. The van der Waals surface area contributed by atoms with Crippen molar-refractivity contribution in [1.82, 2.24) is 24.9 Å². The number of anilines is 2. The van der Waals surface area contributed by atoms with Crippen LogP contribution >= 0.6 is 0 Å². The van der Waals surface area contributed by atoms with Crippen LogP contribution < -0.4 is 20.7 Å². The molecule has 11 nitrogen and oxygen atoms in total. The zero-order valence-electron chi connectivity index (χ0n) is 24.0. The molecule has 4 rings (SSSR count). The number of nitrogen functional groups attached to an aromatic ring is 1. The maximum atomic E-state index is 13.9. The second-order valence-corrected chi connectivity index (χ2v) is 13.9. The summed E-state index contributed by atoms with van der Waals surface area (Å²) in [7, 11) is -4.33. The summed E-state index contributed by atoms with van der Waals surface area (Å²) in [6, 6.07) is 5.69. The lowest BCUT2D eigenvalue weighted by atomic mass is 9.94. The van der Waals surface area contributed by atoms with Gasteiger partial charge in [-0.15, -0.1) is 0 Å². The van der Waals surface area contributed by atoms with Crippen molar-refractivity contribution in [2.45, 2.75) is 70.5 Å². The molecule has 0 bridgehead atoms. The second kappa shape index (κ2) is 10.7. The smallest absolute Gasteiger partial charge is 0.318 e. The van der Waals surface area contributed by atoms with Gasteiger partial charge in [-0.2, -0.15) is 8.42 Å². The van der Waals surface area contributed by atoms with E-state index >= 15 is 0 Å². The van der Waals surface area contributed by atoms with Gasteiger partial charge in [0, 0.05) is 36.9 Å². The van der Waals surface area contributed by atoms with E-state index in [4.69, 9.17) is 5.73 Å². The molecule has 0 unspecified atom stereocenters. The van der Waals surface area contributed by atoms with Gasteiger partial charge in [0.2, 0.25) is 0 Å². The molecule has 1 fully saturated rings. The number of hydrogen-bond acceptors (Lipinski definition) is 8. The molecule has 12 heteroatoms. The molecule has 4 N–H and O–H groups in total. The predicted molar refractivity (Wildman–Crippen MR) is 155 cm³/mol. The Morgan fingerprint density at radius 2 is 1.90 bits per heavy atom. The number of urea groups is 1. The summed E-state index contributed by atoms with van der Waals surface area (Å²) in [4.78, 5) is 39.1. The molecule has 2 aromatic rings. The molecule has 1 atom stereocenters. The van der Waals surface area contributed by atoms with Crippen LogP contribution in [0.4, 0.5) is 16.4 Å². The number of amides is 3. The molecule has 2 aliphatic heterocycles. The van der Waals surface area contributed by atoms with E-state index in [9.17, 15) is 18.0 Å². The average molecular weight is 570 g/mol. The molecule has 0 aliphatic carbocycles. The quantitative estimate of drug-likeness (QED) is 0.496. The minimum atomic E-state index is -4.33. The molecule has 0 aromatic carbocycles.